The van der Waals surface area contributed by atoms with Crippen molar-refractivity contribution in [2.75, 3.05) is 31.5 Å². The zero-order valence-electron chi connectivity index (χ0n) is 13.4. The van der Waals surface area contributed by atoms with Crippen LogP contribution < -0.4 is 16.0 Å². The fourth-order valence-electron chi connectivity index (χ4n) is 2.78. The van der Waals surface area contributed by atoms with Gasteiger partial charge in [-0.3, -0.25) is 4.79 Å². The number of aromatic nitrogens is 2. The second-order valence-corrected chi connectivity index (χ2v) is 5.97. The molecule has 23 heavy (non-hydrogen) atoms. The van der Waals surface area contributed by atoms with Gasteiger partial charge in [-0.15, -0.1) is 0 Å². The van der Waals surface area contributed by atoms with Gasteiger partial charge in [-0.05, 0) is 19.1 Å². The zero-order valence-corrected chi connectivity index (χ0v) is 13.4. The van der Waals surface area contributed by atoms with E-state index in [0.29, 0.717) is 18.0 Å². The van der Waals surface area contributed by atoms with Crippen molar-refractivity contribution in [2.45, 2.75) is 13.5 Å². The lowest BCUT2D eigenvalue weighted by Crippen LogP contribution is -2.38. The normalized spacial score (nSPS) is 16.5. The van der Waals surface area contributed by atoms with Crippen LogP contribution in [-0.4, -0.2) is 41.9 Å². The first-order valence-electron chi connectivity index (χ1n) is 8.03. The summed E-state index contributed by atoms with van der Waals surface area (Å²) in [6.07, 6.45) is 1.82. The number of nitrogens with zero attached hydrogens (tertiary/aromatic N) is 2. The third-order valence-electron chi connectivity index (χ3n) is 4.02. The summed E-state index contributed by atoms with van der Waals surface area (Å²) in [4.78, 5) is 12.0. The topological polar surface area (TPSA) is 71.0 Å². The standard InChI is InChI=1S/C17H23N5O/c1-13-3-2-4-15(9-13)17(23)19-8-7-18-10-14-11-20-16-5-6-21-22(16)12-14/h2-6,9,14,18,20H,7-8,10-12H2,1H3,(H,19,23)/t14-/m1/s1. The highest BCUT2D eigenvalue weighted by atomic mass is 16.1. The first kappa shape index (κ1) is 15.6. The fraction of sp³-hybridized carbons (Fsp3) is 0.412. The molecule has 0 unspecified atom stereocenters. The number of rotatable bonds is 6. The number of benzene rings is 1. The molecule has 1 aromatic heterocycles. The van der Waals surface area contributed by atoms with E-state index >= 15 is 0 Å². The first-order chi connectivity index (χ1) is 11.2. The fourth-order valence-corrected chi connectivity index (χ4v) is 2.78. The molecular weight excluding hydrogens is 290 g/mol. The van der Waals surface area contributed by atoms with E-state index in [1.54, 1.807) is 0 Å². The Morgan fingerprint density at radius 3 is 3.17 bits per heavy atom. The van der Waals surface area contributed by atoms with Gasteiger partial charge in [0, 0.05) is 50.3 Å². The average molecular weight is 313 g/mol. The highest BCUT2D eigenvalue weighted by Crippen LogP contribution is 2.15. The predicted molar refractivity (Wildman–Crippen MR) is 90.6 cm³/mol. The second-order valence-electron chi connectivity index (χ2n) is 5.97. The Morgan fingerprint density at radius 2 is 2.30 bits per heavy atom. The molecule has 1 aliphatic rings. The Hall–Kier alpha value is -2.34. The molecule has 1 aromatic carbocycles. The Balaban J connectivity index is 1.34. The molecule has 3 rings (SSSR count). The lowest BCUT2D eigenvalue weighted by Gasteiger charge is -2.25. The van der Waals surface area contributed by atoms with Crippen molar-refractivity contribution in [1.82, 2.24) is 20.4 Å². The molecule has 2 aromatic rings. The summed E-state index contributed by atoms with van der Waals surface area (Å²) in [6.45, 7) is 6.17. The van der Waals surface area contributed by atoms with E-state index in [0.717, 1.165) is 37.6 Å². The number of carbonyl (C=O) groups is 1. The van der Waals surface area contributed by atoms with Crippen LogP contribution in [0.25, 0.3) is 0 Å². The molecule has 0 spiro atoms. The van der Waals surface area contributed by atoms with Crippen LogP contribution in [0, 0.1) is 12.8 Å². The molecule has 6 nitrogen and oxygen atoms in total. The summed E-state index contributed by atoms with van der Waals surface area (Å²) < 4.78 is 2.00. The van der Waals surface area contributed by atoms with Gasteiger partial charge in [-0.25, -0.2) is 4.68 Å². The molecule has 1 aliphatic heterocycles. The Morgan fingerprint density at radius 1 is 1.39 bits per heavy atom. The van der Waals surface area contributed by atoms with Gasteiger partial charge in [0.05, 0.1) is 6.20 Å². The van der Waals surface area contributed by atoms with E-state index in [1.165, 1.54) is 0 Å². The monoisotopic (exact) mass is 313 g/mol. The van der Waals surface area contributed by atoms with Gasteiger partial charge in [0.25, 0.3) is 5.91 Å². The largest absolute Gasteiger partial charge is 0.370 e. The van der Waals surface area contributed by atoms with Gasteiger partial charge in [0.2, 0.25) is 0 Å². The molecule has 6 heteroatoms. The number of hydrogen-bond acceptors (Lipinski definition) is 4. The molecule has 0 bridgehead atoms. The molecule has 1 amide bonds. The SMILES string of the molecule is Cc1cccc(C(=O)NCCNC[C@@H]2CNc3ccnn3C2)c1. The third-order valence-corrected chi connectivity index (χ3v) is 4.02. The number of fused-ring (bicyclic) bond motifs is 1. The van der Waals surface area contributed by atoms with Crippen molar-refractivity contribution < 1.29 is 4.79 Å². The van der Waals surface area contributed by atoms with Gasteiger partial charge < -0.3 is 16.0 Å². The molecular formula is C17H23N5O. The van der Waals surface area contributed by atoms with Gasteiger partial charge >= 0.3 is 0 Å². The van der Waals surface area contributed by atoms with E-state index in [4.69, 9.17) is 0 Å². The lowest BCUT2D eigenvalue weighted by molar-refractivity contribution is 0.0953. The smallest absolute Gasteiger partial charge is 0.251 e. The summed E-state index contributed by atoms with van der Waals surface area (Å²) in [5.74, 6) is 1.58. The molecule has 0 fully saturated rings. The van der Waals surface area contributed by atoms with Gasteiger partial charge in [-0.1, -0.05) is 17.7 Å². The van der Waals surface area contributed by atoms with E-state index < -0.39 is 0 Å². The average Bonchev–Trinajstić information content (AvgIpc) is 3.02. The Bertz CT molecular complexity index is 667. The van der Waals surface area contributed by atoms with Crippen LogP contribution in [-0.2, 0) is 6.54 Å². The number of anilines is 1. The Labute approximate surface area is 136 Å². The van der Waals surface area contributed by atoms with Crippen LogP contribution in [0.5, 0.6) is 0 Å². The molecule has 0 saturated carbocycles. The second kappa shape index (κ2) is 7.28. The maximum atomic E-state index is 12.0. The highest BCUT2D eigenvalue weighted by Gasteiger charge is 2.17. The first-order valence-corrected chi connectivity index (χ1v) is 8.03. The highest BCUT2D eigenvalue weighted by molar-refractivity contribution is 5.94. The molecule has 1 atom stereocenters. The number of carbonyl (C=O) groups excluding carboxylic acids is 1. The van der Waals surface area contributed by atoms with Crippen LogP contribution >= 0.6 is 0 Å². The molecule has 0 radical (unpaired) electrons. The van der Waals surface area contributed by atoms with Crippen LogP contribution in [0.4, 0.5) is 5.82 Å². The van der Waals surface area contributed by atoms with Crippen LogP contribution in [0.15, 0.2) is 36.5 Å². The molecule has 2 heterocycles. The summed E-state index contributed by atoms with van der Waals surface area (Å²) in [6, 6.07) is 9.62. The van der Waals surface area contributed by atoms with Crippen LogP contribution in [0.3, 0.4) is 0 Å². The zero-order chi connectivity index (χ0) is 16.1. The van der Waals surface area contributed by atoms with E-state index in [1.807, 2.05) is 48.1 Å². The van der Waals surface area contributed by atoms with Crippen molar-refractivity contribution in [3.63, 3.8) is 0 Å². The summed E-state index contributed by atoms with van der Waals surface area (Å²) in [7, 11) is 0. The van der Waals surface area contributed by atoms with Crippen molar-refractivity contribution in [3.8, 4) is 0 Å². The summed E-state index contributed by atoms with van der Waals surface area (Å²) in [5.41, 5.74) is 1.81. The minimum absolute atomic E-state index is 0.0176. The number of nitrogens with one attached hydrogen (secondary N) is 3. The van der Waals surface area contributed by atoms with E-state index in [-0.39, 0.29) is 5.91 Å². The molecule has 0 aliphatic carbocycles. The van der Waals surface area contributed by atoms with Crippen molar-refractivity contribution in [1.29, 1.82) is 0 Å². The van der Waals surface area contributed by atoms with Gasteiger partial charge in [0.15, 0.2) is 0 Å². The predicted octanol–water partition coefficient (Wildman–Crippen LogP) is 1.25. The molecule has 3 N–H and O–H groups in total. The molecule has 122 valence electrons. The van der Waals surface area contributed by atoms with Crippen LogP contribution in [0.2, 0.25) is 0 Å². The maximum Gasteiger partial charge on any atom is 0.251 e. The minimum Gasteiger partial charge on any atom is -0.370 e. The quantitative estimate of drug-likeness (QED) is 0.702. The van der Waals surface area contributed by atoms with E-state index in [2.05, 4.69) is 21.0 Å². The van der Waals surface area contributed by atoms with Gasteiger partial charge in [0.1, 0.15) is 5.82 Å². The lowest BCUT2D eigenvalue weighted by atomic mass is 10.1. The van der Waals surface area contributed by atoms with E-state index in [9.17, 15) is 4.79 Å². The third kappa shape index (κ3) is 4.10. The number of aryl methyl sites for hydroxylation is 1. The summed E-state index contributed by atoms with van der Waals surface area (Å²) in [5, 5.41) is 14.0. The molecule has 0 saturated heterocycles. The number of hydrogen-bond donors (Lipinski definition) is 3. The van der Waals surface area contributed by atoms with Crippen molar-refractivity contribution in [3.05, 3.63) is 47.7 Å². The number of amides is 1. The van der Waals surface area contributed by atoms with Crippen LogP contribution in [0.1, 0.15) is 15.9 Å². The minimum atomic E-state index is -0.0176. The summed E-state index contributed by atoms with van der Waals surface area (Å²) >= 11 is 0. The maximum absolute atomic E-state index is 12.0. The van der Waals surface area contributed by atoms with Crippen molar-refractivity contribution in [2.24, 2.45) is 5.92 Å². The Kier molecular flexibility index (Phi) is 4.92. The van der Waals surface area contributed by atoms with Crippen molar-refractivity contribution >= 4 is 11.7 Å². The van der Waals surface area contributed by atoms with Gasteiger partial charge in [-0.2, -0.15) is 5.10 Å².